The summed E-state index contributed by atoms with van der Waals surface area (Å²) in [6.45, 7) is 10.1. The van der Waals surface area contributed by atoms with Crippen molar-refractivity contribution in [1.29, 1.82) is 0 Å². The second kappa shape index (κ2) is 6.93. The summed E-state index contributed by atoms with van der Waals surface area (Å²) in [7, 11) is 3.53. The average Bonchev–Trinajstić information content (AvgIpc) is 2.25. The van der Waals surface area contributed by atoms with Crippen LogP contribution in [0.4, 0.5) is 0 Å². The van der Waals surface area contributed by atoms with E-state index >= 15 is 0 Å². The maximum atomic E-state index is 4.26. The highest BCUT2D eigenvalue weighted by Crippen LogP contribution is 2.14. The number of aliphatic imine (C=N–C) groups is 2. The Hall–Kier alpha value is -1.44. The van der Waals surface area contributed by atoms with Crippen molar-refractivity contribution in [3.05, 3.63) is 35.5 Å². The molecular formula is C13H20N2. The first-order valence-electron chi connectivity index (χ1n) is 4.97. The van der Waals surface area contributed by atoms with Gasteiger partial charge in [-0.05, 0) is 43.6 Å². The molecule has 0 rings (SSSR count). The highest BCUT2D eigenvalue weighted by Gasteiger charge is 2.06. The van der Waals surface area contributed by atoms with Gasteiger partial charge in [0.25, 0.3) is 0 Å². The molecule has 0 aliphatic heterocycles. The van der Waals surface area contributed by atoms with Crippen molar-refractivity contribution >= 4 is 11.9 Å². The Morgan fingerprint density at radius 2 is 1.73 bits per heavy atom. The summed E-state index contributed by atoms with van der Waals surface area (Å²) >= 11 is 0. The van der Waals surface area contributed by atoms with Crippen LogP contribution in [0.1, 0.15) is 20.8 Å². The van der Waals surface area contributed by atoms with Crippen LogP contribution < -0.4 is 0 Å². The summed E-state index contributed by atoms with van der Waals surface area (Å²) in [4.78, 5) is 8.17. The lowest BCUT2D eigenvalue weighted by atomic mass is 9.99. The van der Waals surface area contributed by atoms with Gasteiger partial charge in [-0.25, -0.2) is 0 Å². The van der Waals surface area contributed by atoms with Crippen LogP contribution in [0.3, 0.4) is 0 Å². The number of hydrogen-bond acceptors (Lipinski definition) is 2. The third-order valence-electron chi connectivity index (χ3n) is 2.27. The fourth-order valence-corrected chi connectivity index (χ4v) is 1.18. The molecule has 2 nitrogen and oxygen atoms in total. The molecule has 15 heavy (non-hydrogen) atoms. The predicted molar refractivity (Wildman–Crippen MR) is 70.1 cm³/mol. The molecule has 0 aliphatic rings. The molecule has 0 aromatic carbocycles. The van der Waals surface area contributed by atoms with Crippen LogP contribution in [0.15, 0.2) is 45.4 Å². The zero-order valence-corrected chi connectivity index (χ0v) is 10.3. The second-order valence-electron chi connectivity index (χ2n) is 3.28. The number of nitrogens with zero attached hydrogens (tertiary/aromatic N) is 2. The molecule has 82 valence electrons. The first kappa shape index (κ1) is 13.6. The molecule has 0 heterocycles. The van der Waals surface area contributed by atoms with E-state index in [0.29, 0.717) is 0 Å². The molecule has 0 aromatic rings. The Morgan fingerprint density at radius 3 is 2.13 bits per heavy atom. The third kappa shape index (κ3) is 4.07. The van der Waals surface area contributed by atoms with Gasteiger partial charge in [-0.15, -0.1) is 0 Å². The molecular weight excluding hydrogens is 184 g/mol. The zero-order valence-electron chi connectivity index (χ0n) is 10.3. The van der Waals surface area contributed by atoms with Crippen molar-refractivity contribution in [1.82, 2.24) is 0 Å². The summed E-state index contributed by atoms with van der Waals surface area (Å²) in [5.74, 6) is 0. The van der Waals surface area contributed by atoms with Crippen molar-refractivity contribution < 1.29 is 0 Å². The molecule has 0 atom stereocenters. The third-order valence-corrected chi connectivity index (χ3v) is 2.27. The Labute approximate surface area is 92.8 Å². The van der Waals surface area contributed by atoms with Crippen LogP contribution in [0.5, 0.6) is 0 Å². The van der Waals surface area contributed by atoms with Crippen LogP contribution in [0, 0.1) is 0 Å². The molecule has 0 unspecified atom stereocenters. The van der Waals surface area contributed by atoms with E-state index in [0.717, 1.165) is 22.4 Å². The van der Waals surface area contributed by atoms with Crippen LogP contribution >= 0.6 is 0 Å². The monoisotopic (exact) mass is 204 g/mol. The first-order valence-corrected chi connectivity index (χ1v) is 4.97. The van der Waals surface area contributed by atoms with E-state index in [4.69, 9.17) is 0 Å². The van der Waals surface area contributed by atoms with E-state index < -0.39 is 0 Å². The topological polar surface area (TPSA) is 24.7 Å². The van der Waals surface area contributed by atoms with Gasteiger partial charge in [0.2, 0.25) is 0 Å². The van der Waals surface area contributed by atoms with E-state index in [1.807, 2.05) is 32.9 Å². The summed E-state index contributed by atoms with van der Waals surface area (Å²) in [6.07, 6.45) is 5.74. The van der Waals surface area contributed by atoms with Crippen LogP contribution in [-0.2, 0) is 0 Å². The number of allylic oxidation sites excluding steroid dienone is 5. The quantitative estimate of drug-likeness (QED) is 0.496. The van der Waals surface area contributed by atoms with Crippen LogP contribution in [0.25, 0.3) is 0 Å². The van der Waals surface area contributed by atoms with E-state index in [1.54, 1.807) is 20.3 Å². The Morgan fingerprint density at radius 1 is 1.13 bits per heavy atom. The van der Waals surface area contributed by atoms with E-state index in [9.17, 15) is 0 Å². The Bertz CT molecular complexity index is 342. The van der Waals surface area contributed by atoms with E-state index in [1.165, 1.54) is 0 Å². The SMILES string of the molecule is C=C(C(=NC)/C(C)=C/C=NC)/C(C)=C\C. The minimum atomic E-state index is 0.936. The molecule has 0 aromatic heterocycles. The molecule has 0 bridgehead atoms. The lowest BCUT2D eigenvalue weighted by molar-refractivity contribution is 1.36. The summed E-state index contributed by atoms with van der Waals surface area (Å²) in [6, 6.07) is 0. The first-order chi connectivity index (χ1) is 7.08. The molecule has 0 amide bonds. The predicted octanol–water partition coefficient (Wildman–Crippen LogP) is 3.23. The Kier molecular flexibility index (Phi) is 6.27. The smallest absolute Gasteiger partial charge is 0.0669 e. The highest BCUT2D eigenvalue weighted by atomic mass is 14.7. The van der Waals surface area contributed by atoms with E-state index in [-0.39, 0.29) is 0 Å². The van der Waals surface area contributed by atoms with Crippen molar-refractivity contribution in [2.24, 2.45) is 9.98 Å². The second-order valence-corrected chi connectivity index (χ2v) is 3.28. The normalized spacial score (nSPS) is 14.9. The molecule has 0 aliphatic carbocycles. The lowest BCUT2D eigenvalue weighted by Gasteiger charge is -2.09. The van der Waals surface area contributed by atoms with Gasteiger partial charge in [0.1, 0.15) is 0 Å². The largest absolute Gasteiger partial charge is 0.297 e. The van der Waals surface area contributed by atoms with Gasteiger partial charge in [0.05, 0.1) is 5.71 Å². The fourth-order valence-electron chi connectivity index (χ4n) is 1.18. The molecule has 0 spiro atoms. The minimum absolute atomic E-state index is 0.936. The molecule has 2 heteroatoms. The maximum Gasteiger partial charge on any atom is 0.0669 e. The van der Waals surface area contributed by atoms with Crippen LogP contribution in [-0.4, -0.2) is 26.0 Å². The summed E-state index contributed by atoms with van der Waals surface area (Å²) < 4.78 is 0. The van der Waals surface area contributed by atoms with Gasteiger partial charge in [0, 0.05) is 20.3 Å². The standard InChI is InChI=1S/C13H20N2/c1-7-10(2)12(4)13(15-6)11(3)8-9-14-5/h7-9H,4H2,1-3,5-6H3/b10-7-,11-8+,14-9?,15-13?. The molecule has 0 fully saturated rings. The lowest BCUT2D eigenvalue weighted by Crippen LogP contribution is -2.05. The Balaban J connectivity index is 5.04. The minimum Gasteiger partial charge on any atom is -0.297 e. The summed E-state index contributed by atoms with van der Waals surface area (Å²) in [5.41, 5.74) is 4.13. The fraction of sp³-hybridized carbons (Fsp3) is 0.385. The molecule has 0 saturated carbocycles. The molecule has 0 N–H and O–H groups in total. The van der Waals surface area contributed by atoms with Crippen molar-refractivity contribution in [2.75, 3.05) is 14.1 Å². The van der Waals surface area contributed by atoms with Gasteiger partial charge >= 0.3 is 0 Å². The van der Waals surface area contributed by atoms with Gasteiger partial charge in [-0.2, -0.15) is 0 Å². The van der Waals surface area contributed by atoms with Gasteiger partial charge < -0.3 is 0 Å². The van der Waals surface area contributed by atoms with Gasteiger partial charge in [0.15, 0.2) is 0 Å². The number of rotatable bonds is 4. The highest BCUT2D eigenvalue weighted by molar-refractivity contribution is 6.15. The van der Waals surface area contributed by atoms with Gasteiger partial charge in [-0.3, -0.25) is 9.98 Å². The number of hydrogen-bond donors (Lipinski definition) is 0. The summed E-state index contributed by atoms with van der Waals surface area (Å²) in [5, 5.41) is 0. The average molecular weight is 204 g/mol. The van der Waals surface area contributed by atoms with Crippen LogP contribution in [0.2, 0.25) is 0 Å². The zero-order chi connectivity index (χ0) is 11.8. The van der Waals surface area contributed by atoms with Crippen molar-refractivity contribution in [3.63, 3.8) is 0 Å². The maximum absolute atomic E-state index is 4.26. The molecule has 0 radical (unpaired) electrons. The van der Waals surface area contributed by atoms with Gasteiger partial charge in [-0.1, -0.05) is 12.7 Å². The van der Waals surface area contributed by atoms with Crippen molar-refractivity contribution in [3.8, 4) is 0 Å². The van der Waals surface area contributed by atoms with Crippen molar-refractivity contribution in [2.45, 2.75) is 20.8 Å². The molecule has 0 saturated heterocycles. The van der Waals surface area contributed by atoms with E-state index in [2.05, 4.69) is 16.6 Å².